The van der Waals surface area contributed by atoms with Crippen molar-refractivity contribution in [1.82, 2.24) is 10.2 Å². The molecule has 0 spiro atoms. The maximum absolute atomic E-state index is 13.3. The van der Waals surface area contributed by atoms with Crippen LogP contribution in [0, 0.1) is 6.92 Å². The van der Waals surface area contributed by atoms with E-state index in [1.807, 2.05) is 26.8 Å². The summed E-state index contributed by atoms with van der Waals surface area (Å²) in [7, 11) is 0. The molecular weight excluding hydrogens is 463 g/mol. The number of carbonyl (C=O) groups excluding carboxylic acids is 2. The van der Waals surface area contributed by atoms with Gasteiger partial charge < -0.3 is 10.2 Å². The second-order valence-corrected chi connectivity index (χ2v) is 9.75. The molecule has 0 aliphatic heterocycles. The van der Waals surface area contributed by atoms with Gasteiger partial charge in [-0.3, -0.25) is 9.59 Å². The molecule has 0 heterocycles. The van der Waals surface area contributed by atoms with Crippen molar-refractivity contribution in [3.63, 3.8) is 0 Å². The molecule has 0 saturated heterocycles. The van der Waals surface area contributed by atoms with Gasteiger partial charge in [0.15, 0.2) is 0 Å². The van der Waals surface area contributed by atoms with E-state index < -0.39 is 6.04 Å². The first-order chi connectivity index (χ1) is 15.3. The second-order valence-electron chi connectivity index (χ2n) is 7.95. The number of hydrogen-bond donors (Lipinski definition) is 1. The summed E-state index contributed by atoms with van der Waals surface area (Å²) < 4.78 is 0. The Morgan fingerprint density at radius 1 is 1.06 bits per heavy atom. The lowest BCUT2D eigenvalue weighted by atomic mass is 10.1. The van der Waals surface area contributed by atoms with Crippen LogP contribution in [0.2, 0.25) is 10.0 Å². The first-order valence-electron chi connectivity index (χ1n) is 10.9. The highest BCUT2D eigenvalue weighted by Crippen LogP contribution is 2.27. The zero-order valence-electron chi connectivity index (χ0n) is 19.2. The molecule has 0 radical (unpaired) electrons. The van der Waals surface area contributed by atoms with Crippen LogP contribution < -0.4 is 5.32 Å². The monoisotopic (exact) mass is 494 g/mol. The summed E-state index contributed by atoms with van der Waals surface area (Å²) >= 11 is 14.3. The first kappa shape index (κ1) is 26.6. The van der Waals surface area contributed by atoms with E-state index in [-0.39, 0.29) is 30.2 Å². The van der Waals surface area contributed by atoms with Crippen molar-refractivity contribution in [1.29, 1.82) is 0 Å². The van der Waals surface area contributed by atoms with Gasteiger partial charge in [0.1, 0.15) is 6.04 Å². The molecule has 0 aliphatic carbocycles. The smallest absolute Gasteiger partial charge is 0.243 e. The van der Waals surface area contributed by atoms with E-state index in [0.717, 1.165) is 12.2 Å². The third-order valence-electron chi connectivity index (χ3n) is 5.35. The molecule has 2 atom stereocenters. The van der Waals surface area contributed by atoms with Crippen LogP contribution in [-0.4, -0.2) is 34.6 Å². The van der Waals surface area contributed by atoms with Crippen molar-refractivity contribution in [2.75, 3.05) is 5.75 Å². The zero-order valence-corrected chi connectivity index (χ0v) is 21.5. The molecule has 2 rings (SSSR count). The summed E-state index contributed by atoms with van der Waals surface area (Å²) in [5, 5.41) is 3.99. The van der Waals surface area contributed by atoms with E-state index in [1.54, 1.807) is 23.1 Å². The van der Waals surface area contributed by atoms with Crippen molar-refractivity contribution >= 4 is 46.8 Å². The number of carbonyl (C=O) groups is 2. The molecule has 0 saturated carbocycles. The molecule has 2 aromatic rings. The number of amides is 2. The fourth-order valence-corrected chi connectivity index (χ4v) is 4.73. The lowest BCUT2D eigenvalue weighted by molar-refractivity contribution is -0.139. The molecule has 4 nitrogen and oxygen atoms in total. The van der Waals surface area contributed by atoms with Crippen molar-refractivity contribution in [2.45, 2.75) is 64.9 Å². The maximum atomic E-state index is 13.3. The number of rotatable bonds is 11. The van der Waals surface area contributed by atoms with Gasteiger partial charge in [0.05, 0.1) is 5.75 Å². The SMILES string of the molecule is CCC(C)NC(=O)C(CC)N(Cc1c(Cl)cccc1Cl)C(=O)CSCc1cccc(C)c1. The summed E-state index contributed by atoms with van der Waals surface area (Å²) in [5.41, 5.74) is 3.02. The van der Waals surface area contributed by atoms with E-state index in [9.17, 15) is 9.59 Å². The van der Waals surface area contributed by atoms with Crippen LogP contribution in [-0.2, 0) is 21.9 Å². The minimum atomic E-state index is -0.594. The van der Waals surface area contributed by atoms with Gasteiger partial charge in [-0.25, -0.2) is 0 Å². The van der Waals surface area contributed by atoms with E-state index in [1.165, 1.54) is 22.9 Å². The number of hydrogen-bond acceptors (Lipinski definition) is 3. The third kappa shape index (κ3) is 7.72. The van der Waals surface area contributed by atoms with Crippen LogP contribution in [0.3, 0.4) is 0 Å². The zero-order chi connectivity index (χ0) is 23.7. The predicted molar refractivity (Wildman–Crippen MR) is 136 cm³/mol. The molecule has 0 bridgehead atoms. The maximum Gasteiger partial charge on any atom is 0.243 e. The lowest BCUT2D eigenvalue weighted by Crippen LogP contribution is -2.51. The average Bonchev–Trinajstić information content (AvgIpc) is 2.75. The summed E-state index contributed by atoms with van der Waals surface area (Å²) in [6, 6.07) is 13.0. The van der Waals surface area contributed by atoms with Crippen LogP contribution in [0.15, 0.2) is 42.5 Å². The van der Waals surface area contributed by atoms with Crippen molar-refractivity contribution in [2.24, 2.45) is 0 Å². The van der Waals surface area contributed by atoms with Crippen LogP contribution in [0.5, 0.6) is 0 Å². The molecule has 7 heteroatoms. The number of halogens is 2. The standard InChI is InChI=1S/C25H32Cl2N2O2S/c1-5-18(4)28-25(31)23(6-2)29(14-20-21(26)11-8-12-22(20)27)24(30)16-32-15-19-10-7-9-17(3)13-19/h7-13,18,23H,5-6,14-16H2,1-4H3,(H,28,31). The highest BCUT2D eigenvalue weighted by atomic mass is 35.5. The van der Waals surface area contributed by atoms with Gasteiger partial charge >= 0.3 is 0 Å². The third-order valence-corrected chi connectivity index (χ3v) is 7.05. The molecule has 0 aliphatic rings. The van der Waals surface area contributed by atoms with Crippen LogP contribution in [0.25, 0.3) is 0 Å². The molecule has 2 unspecified atom stereocenters. The molecule has 0 fully saturated rings. The summed E-state index contributed by atoms with van der Waals surface area (Å²) in [5.74, 6) is 0.736. The molecule has 174 valence electrons. The molecule has 0 aromatic heterocycles. The van der Waals surface area contributed by atoms with Gasteiger partial charge in [-0.1, -0.05) is 72.9 Å². The predicted octanol–water partition coefficient (Wildman–Crippen LogP) is 6.26. The lowest BCUT2D eigenvalue weighted by Gasteiger charge is -2.32. The fraction of sp³-hybridized carbons (Fsp3) is 0.440. The Hall–Kier alpha value is -1.69. The Balaban J connectivity index is 2.21. The normalized spacial score (nSPS) is 12.8. The topological polar surface area (TPSA) is 49.4 Å². The van der Waals surface area contributed by atoms with Crippen molar-refractivity contribution < 1.29 is 9.59 Å². The Kier molecular flexibility index (Phi) is 10.9. The summed E-state index contributed by atoms with van der Waals surface area (Å²) in [6.07, 6.45) is 1.32. The minimum Gasteiger partial charge on any atom is -0.352 e. The van der Waals surface area contributed by atoms with Crippen molar-refractivity contribution in [3.05, 3.63) is 69.2 Å². The van der Waals surface area contributed by atoms with Gasteiger partial charge in [-0.2, -0.15) is 0 Å². The molecular formula is C25H32Cl2N2O2S. The van der Waals surface area contributed by atoms with Gasteiger partial charge in [-0.15, -0.1) is 11.8 Å². The fourth-order valence-electron chi connectivity index (χ4n) is 3.36. The quantitative estimate of drug-likeness (QED) is 0.401. The average molecular weight is 496 g/mol. The van der Waals surface area contributed by atoms with Crippen molar-refractivity contribution in [3.8, 4) is 0 Å². The van der Waals surface area contributed by atoms with E-state index in [2.05, 4.69) is 30.4 Å². The Morgan fingerprint density at radius 2 is 1.72 bits per heavy atom. The van der Waals surface area contributed by atoms with Crippen LogP contribution in [0.1, 0.15) is 50.3 Å². The number of nitrogens with zero attached hydrogens (tertiary/aromatic N) is 1. The molecule has 32 heavy (non-hydrogen) atoms. The minimum absolute atomic E-state index is 0.0353. The van der Waals surface area contributed by atoms with Gasteiger partial charge in [-0.05, 0) is 44.4 Å². The van der Waals surface area contributed by atoms with Crippen LogP contribution >= 0.6 is 35.0 Å². The largest absolute Gasteiger partial charge is 0.352 e. The number of nitrogens with one attached hydrogen (secondary N) is 1. The van der Waals surface area contributed by atoms with Crippen LogP contribution in [0.4, 0.5) is 0 Å². The number of benzene rings is 2. The van der Waals surface area contributed by atoms with E-state index in [4.69, 9.17) is 23.2 Å². The Bertz CT molecular complexity index is 902. The highest BCUT2D eigenvalue weighted by molar-refractivity contribution is 7.99. The second kappa shape index (κ2) is 13.1. The van der Waals surface area contributed by atoms with E-state index in [0.29, 0.717) is 22.0 Å². The van der Waals surface area contributed by atoms with Gasteiger partial charge in [0.25, 0.3) is 0 Å². The summed E-state index contributed by atoms with van der Waals surface area (Å²) in [4.78, 5) is 28.0. The number of aryl methyl sites for hydroxylation is 1. The molecule has 2 aromatic carbocycles. The highest BCUT2D eigenvalue weighted by Gasteiger charge is 2.30. The summed E-state index contributed by atoms with van der Waals surface area (Å²) in [6.45, 7) is 8.12. The first-order valence-corrected chi connectivity index (χ1v) is 12.8. The molecule has 2 amide bonds. The van der Waals surface area contributed by atoms with Gasteiger partial charge in [0.2, 0.25) is 11.8 Å². The Morgan fingerprint density at radius 3 is 2.31 bits per heavy atom. The number of thioether (sulfide) groups is 1. The molecule has 1 N–H and O–H groups in total. The van der Waals surface area contributed by atoms with Gasteiger partial charge in [0, 0.05) is 33.9 Å². The van der Waals surface area contributed by atoms with E-state index >= 15 is 0 Å². The Labute approximate surface area is 206 Å².